The molecule has 1 atom stereocenters. The highest BCUT2D eigenvalue weighted by molar-refractivity contribution is 8.15. The minimum atomic E-state index is -0.0469. The van der Waals surface area contributed by atoms with Gasteiger partial charge in [-0.3, -0.25) is 9.69 Å². The van der Waals surface area contributed by atoms with Crippen LogP contribution in [0.2, 0.25) is 0 Å². The zero-order chi connectivity index (χ0) is 16.8. The van der Waals surface area contributed by atoms with E-state index in [1.54, 1.807) is 22.5 Å². The number of hydrogen-bond acceptors (Lipinski definition) is 5. The maximum atomic E-state index is 12.7. The van der Waals surface area contributed by atoms with Crippen LogP contribution in [0, 0.1) is 0 Å². The molecule has 0 saturated carbocycles. The molecule has 0 unspecified atom stereocenters. The van der Waals surface area contributed by atoms with Crippen molar-refractivity contribution >= 4 is 40.4 Å². The first-order valence-electron chi connectivity index (χ1n) is 7.94. The summed E-state index contributed by atoms with van der Waals surface area (Å²) >= 11 is 3.14. The third kappa shape index (κ3) is 4.13. The summed E-state index contributed by atoms with van der Waals surface area (Å²) in [6.45, 7) is 2.64. The predicted octanol–water partition coefficient (Wildman–Crippen LogP) is 4.38. The largest absolute Gasteiger partial charge is 0.284 e. The van der Waals surface area contributed by atoms with Crippen LogP contribution in [0.5, 0.6) is 0 Å². The summed E-state index contributed by atoms with van der Waals surface area (Å²) in [5.74, 6) is 0.135. The Bertz CT molecular complexity index is 726. The topological polar surface area (TPSA) is 45.0 Å². The van der Waals surface area contributed by atoms with Gasteiger partial charge in [-0.15, -0.1) is 16.4 Å². The Balaban J connectivity index is 1.79. The molecule has 0 aliphatic carbocycles. The first-order valence-corrected chi connectivity index (χ1v) is 9.70. The number of amidine groups is 1. The predicted molar refractivity (Wildman–Crippen MR) is 103 cm³/mol. The summed E-state index contributed by atoms with van der Waals surface area (Å²) in [5.41, 5.74) is 1.10. The molecule has 1 aliphatic rings. The molecular weight excluding hydrogens is 338 g/mol. The Kier molecular flexibility index (Phi) is 5.82. The highest BCUT2D eigenvalue weighted by Gasteiger charge is 2.37. The van der Waals surface area contributed by atoms with E-state index in [0.717, 1.165) is 23.3 Å². The number of rotatable bonds is 6. The van der Waals surface area contributed by atoms with E-state index in [1.807, 2.05) is 47.8 Å². The van der Waals surface area contributed by atoms with Crippen LogP contribution in [0.4, 0.5) is 0 Å². The summed E-state index contributed by atoms with van der Waals surface area (Å²) in [5, 5.41) is 11.1. The normalized spacial score (nSPS) is 19.7. The number of carbonyl (C=O) groups is 1. The molecule has 2 aromatic rings. The molecule has 1 saturated heterocycles. The number of nitrogens with zero attached hydrogens (tertiary/aromatic N) is 3. The van der Waals surface area contributed by atoms with Crippen molar-refractivity contribution in [1.29, 1.82) is 0 Å². The van der Waals surface area contributed by atoms with Gasteiger partial charge in [0.15, 0.2) is 5.17 Å². The average molecular weight is 358 g/mol. The fourth-order valence-electron chi connectivity index (χ4n) is 2.44. The Morgan fingerprint density at radius 2 is 2.04 bits per heavy atom. The van der Waals surface area contributed by atoms with Gasteiger partial charge in [0, 0.05) is 4.88 Å². The molecular formula is C18H19N3OS2. The quantitative estimate of drug-likeness (QED) is 0.569. The van der Waals surface area contributed by atoms with Gasteiger partial charge in [0.2, 0.25) is 5.91 Å². The molecule has 24 heavy (non-hydrogen) atoms. The van der Waals surface area contributed by atoms with E-state index in [2.05, 4.69) is 17.1 Å². The van der Waals surface area contributed by atoms with Gasteiger partial charge in [0.05, 0.1) is 18.0 Å². The maximum absolute atomic E-state index is 12.7. The van der Waals surface area contributed by atoms with Crippen molar-refractivity contribution in [3.63, 3.8) is 0 Å². The minimum Gasteiger partial charge on any atom is -0.284 e. The van der Waals surface area contributed by atoms with Crippen molar-refractivity contribution in [2.45, 2.75) is 31.6 Å². The van der Waals surface area contributed by atoms with Crippen LogP contribution in [0.25, 0.3) is 0 Å². The van der Waals surface area contributed by atoms with Crippen molar-refractivity contribution in [3.05, 3.63) is 58.3 Å². The molecule has 4 nitrogen and oxygen atoms in total. The van der Waals surface area contributed by atoms with Gasteiger partial charge in [-0.25, -0.2) is 0 Å². The lowest BCUT2D eigenvalue weighted by Gasteiger charge is -2.15. The van der Waals surface area contributed by atoms with Crippen LogP contribution in [-0.4, -0.2) is 27.4 Å². The van der Waals surface area contributed by atoms with E-state index in [4.69, 9.17) is 0 Å². The van der Waals surface area contributed by atoms with E-state index >= 15 is 0 Å². The Morgan fingerprint density at radius 3 is 2.75 bits per heavy atom. The summed E-state index contributed by atoms with van der Waals surface area (Å²) in [6, 6.07) is 14.0. The Hall–Kier alpha value is -1.92. The number of amides is 1. The number of benzene rings is 1. The highest BCUT2D eigenvalue weighted by Crippen LogP contribution is 2.31. The molecule has 6 heteroatoms. The van der Waals surface area contributed by atoms with E-state index in [9.17, 15) is 4.79 Å². The number of thiophene rings is 1. The molecule has 3 rings (SSSR count). The third-order valence-electron chi connectivity index (χ3n) is 3.63. The standard InChI is InChI=1S/C18H19N3OS2/c1-2-7-16-17(22)21(13-14-8-4-3-5-9-14)18(24-16)20-19-12-15-10-6-11-23-15/h3-6,8-12,16H,2,7,13H2,1H3/b19-12-,20-18+/t16-/m0/s1. The summed E-state index contributed by atoms with van der Waals surface area (Å²) in [6.07, 6.45) is 3.58. The first kappa shape index (κ1) is 16.9. The van der Waals surface area contributed by atoms with Crippen LogP contribution in [0.1, 0.15) is 30.2 Å². The van der Waals surface area contributed by atoms with Crippen LogP contribution < -0.4 is 0 Å². The fraction of sp³-hybridized carbons (Fsp3) is 0.278. The number of thioether (sulfide) groups is 1. The molecule has 0 bridgehead atoms. The molecule has 2 heterocycles. The van der Waals surface area contributed by atoms with E-state index in [0.29, 0.717) is 11.7 Å². The van der Waals surface area contributed by atoms with Crippen molar-refractivity contribution < 1.29 is 4.79 Å². The molecule has 0 N–H and O–H groups in total. The zero-order valence-electron chi connectivity index (χ0n) is 13.5. The maximum Gasteiger partial charge on any atom is 0.242 e. The van der Waals surface area contributed by atoms with Crippen molar-refractivity contribution in [3.8, 4) is 0 Å². The summed E-state index contributed by atoms with van der Waals surface area (Å²) < 4.78 is 0. The van der Waals surface area contributed by atoms with Crippen molar-refractivity contribution in [2.75, 3.05) is 0 Å². The van der Waals surface area contributed by atoms with E-state index in [-0.39, 0.29) is 11.2 Å². The summed E-state index contributed by atoms with van der Waals surface area (Å²) in [4.78, 5) is 15.5. The second kappa shape index (κ2) is 8.26. The lowest BCUT2D eigenvalue weighted by molar-refractivity contribution is -0.126. The lowest BCUT2D eigenvalue weighted by Crippen LogP contribution is -2.31. The number of carbonyl (C=O) groups excluding carboxylic acids is 1. The van der Waals surface area contributed by atoms with Gasteiger partial charge in [0.25, 0.3) is 0 Å². The van der Waals surface area contributed by atoms with Crippen molar-refractivity contribution in [2.24, 2.45) is 10.2 Å². The van der Waals surface area contributed by atoms with Gasteiger partial charge >= 0.3 is 0 Å². The Labute approximate surface area is 150 Å². The lowest BCUT2D eigenvalue weighted by atomic mass is 10.2. The third-order valence-corrected chi connectivity index (χ3v) is 5.67. The van der Waals surface area contributed by atoms with Crippen molar-refractivity contribution in [1.82, 2.24) is 4.90 Å². The van der Waals surface area contributed by atoms with Crippen LogP contribution in [0.3, 0.4) is 0 Å². The average Bonchev–Trinajstić information content (AvgIpc) is 3.21. The molecule has 1 aliphatic heterocycles. The van der Waals surface area contributed by atoms with Gasteiger partial charge in [-0.1, -0.05) is 61.5 Å². The van der Waals surface area contributed by atoms with Gasteiger partial charge in [0.1, 0.15) is 0 Å². The van der Waals surface area contributed by atoms with Crippen LogP contribution in [-0.2, 0) is 11.3 Å². The molecule has 1 fully saturated rings. The molecule has 0 radical (unpaired) electrons. The molecule has 0 spiro atoms. The van der Waals surface area contributed by atoms with E-state index in [1.165, 1.54) is 11.8 Å². The van der Waals surface area contributed by atoms with E-state index < -0.39 is 0 Å². The SMILES string of the molecule is CCC[C@@H]1S/C(=N/N=C\c2cccs2)N(Cc2ccccc2)C1=O. The van der Waals surface area contributed by atoms with Crippen LogP contribution >= 0.6 is 23.1 Å². The van der Waals surface area contributed by atoms with Gasteiger partial charge in [-0.2, -0.15) is 5.10 Å². The van der Waals surface area contributed by atoms with Gasteiger partial charge in [-0.05, 0) is 23.4 Å². The van der Waals surface area contributed by atoms with Crippen LogP contribution in [0.15, 0.2) is 58.0 Å². The monoisotopic (exact) mass is 357 g/mol. The highest BCUT2D eigenvalue weighted by atomic mass is 32.2. The minimum absolute atomic E-state index is 0.0469. The fourth-order valence-corrected chi connectivity index (χ4v) is 4.23. The molecule has 1 aromatic heterocycles. The second-order valence-electron chi connectivity index (χ2n) is 5.45. The number of hydrogen-bond donors (Lipinski definition) is 0. The zero-order valence-corrected chi connectivity index (χ0v) is 15.1. The summed E-state index contributed by atoms with van der Waals surface area (Å²) in [7, 11) is 0. The Morgan fingerprint density at radius 1 is 1.21 bits per heavy atom. The molecule has 1 amide bonds. The second-order valence-corrected chi connectivity index (χ2v) is 7.60. The van der Waals surface area contributed by atoms with Gasteiger partial charge < -0.3 is 0 Å². The molecule has 1 aromatic carbocycles. The first-order chi connectivity index (χ1) is 11.8. The smallest absolute Gasteiger partial charge is 0.242 e. The molecule has 124 valence electrons.